The number of carbonyl (C=O) groups excluding carboxylic acids is 1. The second kappa shape index (κ2) is 5.31. The first-order valence-corrected chi connectivity index (χ1v) is 6.22. The van der Waals surface area contributed by atoms with E-state index in [0.29, 0.717) is 11.7 Å². The van der Waals surface area contributed by atoms with Crippen LogP contribution in [0.2, 0.25) is 0 Å². The number of hydrogen-bond acceptors (Lipinski definition) is 3. The Morgan fingerprint density at radius 1 is 1.71 bits per heavy atom. The predicted octanol–water partition coefficient (Wildman–Crippen LogP) is 0.634. The van der Waals surface area contributed by atoms with E-state index in [1.54, 1.807) is 17.1 Å². The number of piperidine rings is 1. The molecule has 5 heteroatoms. The molecule has 1 fully saturated rings. The summed E-state index contributed by atoms with van der Waals surface area (Å²) < 4.78 is 1.78. The van der Waals surface area contributed by atoms with E-state index >= 15 is 0 Å². The minimum absolute atomic E-state index is 0.0844. The zero-order valence-electron chi connectivity index (χ0n) is 10.5. The van der Waals surface area contributed by atoms with Crippen molar-refractivity contribution in [2.75, 3.05) is 19.6 Å². The summed E-state index contributed by atoms with van der Waals surface area (Å²) in [6, 6.07) is 0.316. The fourth-order valence-electron chi connectivity index (χ4n) is 2.38. The van der Waals surface area contributed by atoms with Gasteiger partial charge in [-0.25, -0.2) is 4.98 Å². The number of aromatic nitrogens is 2. The molecule has 1 saturated heterocycles. The summed E-state index contributed by atoms with van der Waals surface area (Å²) in [5.74, 6) is 0.0844. The summed E-state index contributed by atoms with van der Waals surface area (Å²) in [6.45, 7) is 4.74. The Morgan fingerprint density at radius 2 is 2.53 bits per heavy atom. The number of nitrogens with zero attached hydrogens (tertiary/aromatic N) is 3. The van der Waals surface area contributed by atoms with Crippen LogP contribution in [0.4, 0.5) is 0 Å². The maximum Gasteiger partial charge on any atom is 0.272 e. The van der Waals surface area contributed by atoms with Gasteiger partial charge in [0.15, 0.2) is 0 Å². The lowest BCUT2D eigenvalue weighted by Crippen LogP contribution is -2.48. The summed E-state index contributed by atoms with van der Waals surface area (Å²) in [6.07, 6.45) is 5.53. The van der Waals surface area contributed by atoms with Crippen LogP contribution in [-0.2, 0) is 7.05 Å². The van der Waals surface area contributed by atoms with Gasteiger partial charge >= 0.3 is 0 Å². The molecule has 2 rings (SSSR count). The molecule has 1 aliphatic rings. The topological polar surface area (TPSA) is 50.2 Å². The number of amides is 1. The molecule has 1 atom stereocenters. The highest BCUT2D eigenvalue weighted by atomic mass is 16.2. The minimum atomic E-state index is 0.0844. The fourth-order valence-corrected chi connectivity index (χ4v) is 2.38. The summed E-state index contributed by atoms with van der Waals surface area (Å²) >= 11 is 0. The molecule has 1 N–H and O–H groups in total. The van der Waals surface area contributed by atoms with Crippen molar-refractivity contribution < 1.29 is 4.79 Å². The highest BCUT2D eigenvalue weighted by Gasteiger charge is 2.26. The maximum atomic E-state index is 12.4. The van der Waals surface area contributed by atoms with Crippen LogP contribution in [-0.4, -0.2) is 46.0 Å². The first-order chi connectivity index (χ1) is 8.24. The first-order valence-electron chi connectivity index (χ1n) is 6.22. The molecule has 94 valence electrons. The lowest BCUT2D eigenvalue weighted by Gasteiger charge is -2.33. The summed E-state index contributed by atoms with van der Waals surface area (Å²) in [5, 5.41) is 3.35. The smallest absolute Gasteiger partial charge is 0.272 e. The highest BCUT2D eigenvalue weighted by molar-refractivity contribution is 5.92. The Hall–Kier alpha value is -1.36. The van der Waals surface area contributed by atoms with Crippen LogP contribution >= 0.6 is 0 Å². The van der Waals surface area contributed by atoms with Gasteiger partial charge in [-0.05, 0) is 26.3 Å². The van der Waals surface area contributed by atoms with E-state index in [2.05, 4.69) is 10.3 Å². The second-order valence-corrected chi connectivity index (χ2v) is 4.48. The van der Waals surface area contributed by atoms with Crippen molar-refractivity contribution in [3.05, 3.63) is 18.2 Å². The van der Waals surface area contributed by atoms with Crippen molar-refractivity contribution in [2.24, 2.45) is 7.05 Å². The van der Waals surface area contributed by atoms with Crippen LogP contribution in [0.1, 0.15) is 30.3 Å². The van der Waals surface area contributed by atoms with E-state index in [-0.39, 0.29) is 5.91 Å². The van der Waals surface area contributed by atoms with E-state index in [4.69, 9.17) is 0 Å². The van der Waals surface area contributed by atoms with E-state index in [9.17, 15) is 4.79 Å². The van der Waals surface area contributed by atoms with Gasteiger partial charge in [0.2, 0.25) is 0 Å². The third kappa shape index (κ3) is 2.49. The molecule has 0 saturated carbocycles. The van der Waals surface area contributed by atoms with E-state index in [1.165, 1.54) is 0 Å². The Morgan fingerprint density at radius 3 is 3.06 bits per heavy atom. The predicted molar refractivity (Wildman–Crippen MR) is 65.8 cm³/mol. The monoisotopic (exact) mass is 236 g/mol. The normalized spacial score (nSPS) is 20.2. The van der Waals surface area contributed by atoms with Gasteiger partial charge in [-0.2, -0.15) is 0 Å². The van der Waals surface area contributed by atoms with Crippen molar-refractivity contribution in [1.29, 1.82) is 0 Å². The van der Waals surface area contributed by atoms with Gasteiger partial charge in [0.05, 0.1) is 12.5 Å². The molecule has 0 spiro atoms. The van der Waals surface area contributed by atoms with Crippen molar-refractivity contribution in [3.63, 3.8) is 0 Å². The largest absolute Gasteiger partial charge is 0.333 e. The number of carbonyl (C=O) groups is 1. The molecule has 17 heavy (non-hydrogen) atoms. The summed E-state index contributed by atoms with van der Waals surface area (Å²) in [4.78, 5) is 18.3. The van der Waals surface area contributed by atoms with Crippen LogP contribution in [0.5, 0.6) is 0 Å². The van der Waals surface area contributed by atoms with Crippen LogP contribution in [0.25, 0.3) is 0 Å². The maximum absolute atomic E-state index is 12.4. The van der Waals surface area contributed by atoms with Crippen molar-refractivity contribution >= 4 is 5.91 Å². The number of hydrogen-bond donors (Lipinski definition) is 1. The Labute approximate surface area is 102 Å². The van der Waals surface area contributed by atoms with E-state index in [0.717, 1.165) is 32.5 Å². The number of imidazole rings is 1. The minimum Gasteiger partial charge on any atom is -0.333 e. The van der Waals surface area contributed by atoms with Gasteiger partial charge in [0, 0.05) is 26.2 Å². The van der Waals surface area contributed by atoms with E-state index < -0.39 is 0 Å². The zero-order chi connectivity index (χ0) is 12.3. The molecule has 1 aromatic rings. The summed E-state index contributed by atoms with van der Waals surface area (Å²) in [7, 11) is 1.85. The van der Waals surface area contributed by atoms with Crippen molar-refractivity contribution in [3.8, 4) is 0 Å². The molecule has 1 aromatic heterocycles. The number of rotatable bonds is 3. The Bertz CT molecular complexity index is 382. The SMILES string of the molecule is CCN(C(=O)c1cncn1C)C1CCCNC1. The van der Waals surface area contributed by atoms with Gasteiger partial charge in [-0.3, -0.25) is 4.79 Å². The van der Waals surface area contributed by atoms with Gasteiger partial charge in [0.1, 0.15) is 5.69 Å². The molecule has 1 unspecified atom stereocenters. The fraction of sp³-hybridized carbons (Fsp3) is 0.667. The molecule has 0 radical (unpaired) electrons. The molecule has 0 bridgehead atoms. The second-order valence-electron chi connectivity index (χ2n) is 4.48. The van der Waals surface area contributed by atoms with Crippen LogP contribution in [0, 0.1) is 0 Å². The van der Waals surface area contributed by atoms with Gasteiger partial charge in [0.25, 0.3) is 5.91 Å². The lowest BCUT2D eigenvalue weighted by molar-refractivity contribution is 0.0652. The Balaban J connectivity index is 2.12. The van der Waals surface area contributed by atoms with Gasteiger partial charge in [-0.1, -0.05) is 0 Å². The molecule has 0 aromatic carbocycles. The van der Waals surface area contributed by atoms with Gasteiger partial charge in [-0.15, -0.1) is 0 Å². The third-order valence-corrected chi connectivity index (χ3v) is 3.35. The molecule has 2 heterocycles. The van der Waals surface area contributed by atoms with Crippen LogP contribution in [0.3, 0.4) is 0 Å². The number of nitrogens with one attached hydrogen (secondary N) is 1. The third-order valence-electron chi connectivity index (χ3n) is 3.35. The number of likely N-dealkylation sites (N-methyl/N-ethyl adjacent to an activating group) is 1. The quantitative estimate of drug-likeness (QED) is 0.837. The molecular formula is C12H20N4O. The molecule has 1 amide bonds. The lowest BCUT2D eigenvalue weighted by atomic mass is 10.1. The molecule has 5 nitrogen and oxygen atoms in total. The first kappa shape index (κ1) is 12.1. The average Bonchev–Trinajstić information content (AvgIpc) is 2.77. The molecular weight excluding hydrogens is 216 g/mol. The van der Waals surface area contributed by atoms with Gasteiger partial charge < -0.3 is 14.8 Å². The highest BCUT2D eigenvalue weighted by Crippen LogP contribution is 2.13. The van der Waals surface area contributed by atoms with E-state index in [1.807, 2.05) is 18.9 Å². The van der Waals surface area contributed by atoms with Crippen molar-refractivity contribution in [2.45, 2.75) is 25.8 Å². The molecule has 1 aliphatic heterocycles. The summed E-state index contributed by atoms with van der Waals surface area (Å²) in [5.41, 5.74) is 0.664. The van der Waals surface area contributed by atoms with Crippen molar-refractivity contribution in [1.82, 2.24) is 19.8 Å². The van der Waals surface area contributed by atoms with Crippen LogP contribution in [0.15, 0.2) is 12.5 Å². The Kier molecular flexibility index (Phi) is 3.78. The van der Waals surface area contributed by atoms with Crippen LogP contribution < -0.4 is 5.32 Å². The standard InChI is InChI=1S/C12H20N4O/c1-3-16(10-5-4-6-13-7-10)12(17)11-8-14-9-15(11)2/h8-10,13H,3-7H2,1-2H3. The molecule has 0 aliphatic carbocycles. The zero-order valence-corrected chi connectivity index (χ0v) is 10.5. The average molecular weight is 236 g/mol. The number of aryl methyl sites for hydroxylation is 1.